The van der Waals surface area contributed by atoms with Gasteiger partial charge in [0, 0.05) is 52.0 Å². The molecule has 102 valence electrons. The average Bonchev–Trinajstić information content (AvgIpc) is 2.30. The Morgan fingerprint density at radius 3 is 2.82 bits per heavy atom. The van der Waals surface area contributed by atoms with Gasteiger partial charge in [-0.1, -0.05) is 0 Å². The minimum Gasteiger partial charge on any atom is -0.382 e. The third-order valence-electron chi connectivity index (χ3n) is 3.39. The molecule has 0 saturated carbocycles. The number of hydrogen-bond acceptors (Lipinski definition) is 4. The highest BCUT2D eigenvalue weighted by molar-refractivity contribution is 4.77. The maximum atomic E-state index is 5.30. The minimum atomic E-state index is 0.693. The highest BCUT2D eigenvalue weighted by Crippen LogP contribution is 2.06. The lowest BCUT2D eigenvalue weighted by Crippen LogP contribution is -2.51. The van der Waals surface area contributed by atoms with Gasteiger partial charge in [-0.05, 0) is 33.9 Å². The van der Waals surface area contributed by atoms with Crippen LogP contribution in [0.25, 0.3) is 0 Å². The zero-order valence-corrected chi connectivity index (χ0v) is 11.7. The lowest BCUT2D eigenvalue weighted by Gasteiger charge is -2.38. The zero-order valence-electron chi connectivity index (χ0n) is 11.7. The monoisotopic (exact) mass is 243 g/mol. The van der Waals surface area contributed by atoms with E-state index in [1.54, 1.807) is 0 Å². The fourth-order valence-electron chi connectivity index (χ4n) is 2.30. The van der Waals surface area contributed by atoms with E-state index in [-0.39, 0.29) is 0 Å². The first kappa shape index (κ1) is 14.9. The molecule has 1 aliphatic rings. The van der Waals surface area contributed by atoms with Crippen molar-refractivity contribution in [3.63, 3.8) is 0 Å². The summed E-state index contributed by atoms with van der Waals surface area (Å²) in [6, 6.07) is 0.693. The van der Waals surface area contributed by atoms with Crippen molar-refractivity contribution in [3.05, 3.63) is 0 Å². The number of nitrogens with zero attached hydrogens (tertiary/aromatic N) is 2. The minimum absolute atomic E-state index is 0.693. The number of rotatable bonds is 8. The number of likely N-dealkylation sites (N-methyl/N-ethyl adjacent to an activating group) is 1. The zero-order chi connectivity index (χ0) is 12.5. The molecule has 0 aromatic heterocycles. The summed E-state index contributed by atoms with van der Waals surface area (Å²) in [6.45, 7) is 13.0. The number of nitrogens with one attached hydrogen (secondary N) is 1. The van der Waals surface area contributed by atoms with E-state index in [0.717, 1.165) is 32.7 Å². The smallest absolute Gasteiger partial charge is 0.0477 e. The molecule has 0 amide bonds. The first-order valence-corrected chi connectivity index (χ1v) is 6.95. The topological polar surface area (TPSA) is 27.7 Å². The van der Waals surface area contributed by atoms with Crippen molar-refractivity contribution >= 4 is 0 Å². The van der Waals surface area contributed by atoms with E-state index >= 15 is 0 Å². The van der Waals surface area contributed by atoms with E-state index in [1.165, 1.54) is 26.2 Å². The molecule has 0 radical (unpaired) electrons. The van der Waals surface area contributed by atoms with E-state index in [4.69, 9.17) is 4.74 Å². The Balaban J connectivity index is 1.95. The molecule has 17 heavy (non-hydrogen) atoms. The fraction of sp³-hybridized carbons (Fsp3) is 1.00. The van der Waals surface area contributed by atoms with E-state index in [0.29, 0.717) is 6.04 Å². The highest BCUT2D eigenvalue weighted by Gasteiger charge is 2.20. The Hall–Kier alpha value is -0.160. The first-order valence-electron chi connectivity index (χ1n) is 6.95. The van der Waals surface area contributed by atoms with Gasteiger partial charge in [0.2, 0.25) is 0 Å². The van der Waals surface area contributed by atoms with Crippen LogP contribution in [0.5, 0.6) is 0 Å². The van der Waals surface area contributed by atoms with E-state index in [2.05, 4.69) is 29.1 Å². The van der Waals surface area contributed by atoms with Gasteiger partial charge in [0.1, 0.15) is 0 Å². The van der Waals surface area contributed by atoms with Crippen LogP contribution in [-0.4, -0.2) is 75.4 Å². The number of hydrogen-bond donors (Lipinski definition) is 1. The largest absolute Gasteiger partial charge is 0.382 e. The summed E-state index contributed by atoms with van der Waals surface area (Å²) in [5.41, 5.74) is 0. The van der Waals surface area contributed by atoms with E-state index in [9.17, 15) is 0 Å². The van der Waals surface area contributed by atoms with Gasteiger partial charge in [-0.2, -0.15) is 0 Å². The molecule has 1 rings (SSSR count). The molecule has 0 spiro atoms. The number of ether oxygens (including phenoxy) is 1. The normalized spacial score (nSPS) is 23.1. The molecule has 4 nitrogen and oxygen atoms in total. The lowest BCUT2D eigenvalue weighted by atomic mass is 10.2. The van der Waals surface area contributed by atoms with Gasteiger partial charge in [0.25, 0.3) is 0 Å². The summed E-state index contributed by atoms with van der Waals surface area (Å²) >= 11 is 0. The molecular formula is C13H29N3O. The molecule has 1 unspecified atom stereocenters. The molecule has 1 aliphatic heterocycles. The van der Waals surface area contributed by atoms with Crippen molar-refractivity contribution in [2.24, 2.45) is 0 Å². The van der Waals surface area contributed by atoms with Crippen LogP contribution < -0.4 is 5.32 Å². The van der Waals surface area contributed by atoms with Crippen molar-refractivity contribution < 1.29 is 4.74 Å². The molecular weight excluding hydrogens is 214 g/mol. The van der Waals surface area contributed by atoms with Crippen molar-refractivity contribution in [1.29, 1.82) is 0 Å². The van der Waals surface area contributed by atoms with Gasteiger partial charge in [0.15, 0.2) is 0 Å². The Bertz CT molecular complexity index is 190. The summed E-state index contributed by atoms with van der Waals surface area (Å²) in [6.07, 6.45) is 1.12. The van der Waals surface area contributed by atoms with Gasteiger partial charge in [-0.3, -0.25) is 4.90 Å². The van der Waals surface area contributed by atoms with Crippen LogP contribution in [0.15, 0.2) is 0 Å². The molecule has 1 heterocycles. The van der Waals surface area contributed by atoms with Gasteiger partial charge in [0.05, 0.1) is 0 Å². The van der Waals surface area contributed by atoms with Gasteiger partial charge in [-0.15, -0.1) is 0 Å². The molecule has 0 aromatic carbocycles. The van der Waals surface area contributed by atoms with Gasteiger partial charge in [-0.25, -0.2) is 0 Å². The maximum absolute atomic E-state index is 5.30. The Morgan fingerprint density at radius 1 is 1.29 bits per heavy atom. The lowest BCUT2D eigenvalue weighted by molar-refractivity contribution is 0.100. The van der Waals surface area contributed by atoms with Crippen LogP contribution >= 0.6 is 0 Å². The molecule has 0 aliphatic carbocycles. The Kier molecular flexibility index (Phi) is 7.77. The van der Waals surface area contributed by atoms with Crippen LogP contribution in [0.3, 0.4) is 0 Å². The molecule has 0 bridgehead atoms. The summed E-state index contributed by atoms with van der Waals surface area (Å²) in [5.74, 6) is 0. The summed E-state index contributed by atoms with van der Waals surface area (Å²) in [5, 5.41) is 3.49. The van der Waals surface area contributed by atoms with E-state index < -0.39 is 0 Å². The maximum Gasteiger partial charge on any atom is 0.0477 e. The van der Waals surface area contributed by atoms with Crippen molar-refractivity contribution in [3.8, 4) is 0 Å². The van der Waals surface area contributed by atoms with Crippen molar-refractivity contribution in [2.75, 3.05) is 59.5 Å². The van der Waals surface area contributed by atoms with Crippen LogP contribution in [-0.2, 0) is 4.74 Å². The van der Waals surface area contributed by atoms with Crippen molar-refractivity contribution in [2.45, 2.75) is 26.3 Å². The second kappa shape index (κ2) is 8.86. The molecule has 1 saturated heterocycles. The molecule has 1 fully saturated rings. The van der Waals surface area contributed by atoms with Gasteiger partial charge >= 0.3 is 0 Å². The van der Waals surface area contributed by atoms with Crippen LogP contribution in [0.1, 0.15) is 20.3 Å². The van der Waals surface area contributed by atoms with Crippen LogP contribution in [0, 0.1) is 0 Å². The molecule has 1 N–H and O–H groups in total. The quantitative estimate of drug-likeness (QED) is 0.633. The highest BCUT2D eigenvalue weighted by atomic mass is 16.5. The Labute approximate surface area is 106 Å². The van der Waals surface area contributed by atoms with Crippen molar-refractivity contribution in [1.82, 2.24) is 15.1 Å². The molecule has 0 aromatic rings. The second-order valence-electron chi connectivity index (χ2n) is 4.95. The first-order chi connectivity index (χ1) is 8.24. The average molecular weight is 243 g/mol. The SMILES string of the molecule is CCOCCCNCCN1CCN(C)CC1C. The summed E-state index contributed by atoms with van der Waals surface area (Å²) in [7, 11) is 2.21. The standard InChI is InChI=1S/C13H29N3O/c1-4-17-11-5-6-14-7-8-16-10-9-15(3)12-13(16)2/h13-14H,4-12H2,1-3H3. The van der Waals surface area contributed by atoms with Crippen LogP contribution in [0.4, 0.5) is 0 Å². The predicted octanol–water partition coefficient (Wildman–Crippen LogP) is 0.639. The summed E-state index contributed by atoms with van der Waals surface area (Å²) < 4.78 is 5.30. The van der Waals surface area contributed by atoms with Gasteiger partial charge < -0.3 is 15.0 Å². The molecule has 1 atom stereocenters. The summed E-state index contributed by atoms with van der Waals surface area (Å²) in [4.78, 5) is 4.99. The third kappa shape index (κ3) is 6.36. The van der Waals surface area contributed by atoms with Crippen LogP contribution in [0.2, 0.25) is 0 Å². The third-order valence-corrected chi connectivity index (χ3v) is 3.39. The van der Waals surface area contributed by atoms with E-state index in [1.807, 2.05) is 6.92 Å². The molecule has 4 heteroatoms. The number of piperazine rings is 1. The Morgan fingerprint density at radius 2 is 2.12 bits per heavy atom. The predicted molar refractivity (Wildman–Crippen MR) is 72.5 cm³/mol. The fourth-order valence-corrected chi connectivity index (χ4v) is 2.30. The second-order valence-corrected chi connectivity index (χ2v) is 4.95.